The van der Waals surface area contributed by atoms with Crippen LogP contribution >= 0.6 is 0 Å². The Morgan fingerprint density at radius 2 is 0.852 bits per heavy atom. The third-order valence-electron chi connectivity index (χ3n) is 13.7. The van der Waals surface area contributed by atoms with Gasteiger partial charge >= 0.3 is 0 Å². The number of fused-ring (bicyclic) bond motifs is 4. The highest BCUT2D eigenvalue weighted by molar-refractivity contribution is 7.11. The SMILES string of the molecule is CC(C)c1ccc(N2c3ccc(C(C)C)cc3B3c4cc(C(C)(C)C)ccc4N(c4ccc(C(C)(C)C)cc4)c4cc([Si](C)(c5ccccc5)c5ccccc5)cc2c43)cc1. The molecule has 2 nitrogen and oxygen atoms in total. The normalized spacial score (nSPS) is 13.7. The van der Waals surface area contributed by atoms with Crippen LogP contribution in [0.15, 0.2) is 158 Å². The van der Waals surface area contributed by atoms with Crippen molar-refractivity contribution < 1.29 is 0 Å². The molecule has 0 amide bonds. The maximum Gasteiger partial charge on any atom is 0.252 e. The van der Waals surface area contributed by atoms with Gasteiger partial charge in [-0.25, -0.2) is 0 Å². The van der Waals surface area contributed by atoms with Crippen molar-refractivity contribution in [2.45, 2.75) is 98.5 Å². The Kier molecular flexibility index (Phi) is 10.1. The molecule has 0 spiro atoms. The summed E-state index contributed by atoms with van der Waals surface area (Å²) in [5, 5.41) is 4.21. The van der Waals surface area contributed by atoms with E-state index >= 15 is 0 Å². The van der Waals surface area contributed by atoms with E-state index in [1.807, 2.05) is 0 Å². The molecule has 2 aliphatic rings. The first-order valence-corrected chi connectivity index (χ1v) is 24.9. The molecule has 0 radical (unpaired) electrons. The minimum Gasteiger partial charge on any atom is -0.311 e. The molecule has 2 heterocycles. The number of nitrogens with zero attached hydrogens (tertiary/aromatic N) is 2. The third kappa shape index (κ3) is 6.98. The molecule has 0 saturated heterocycles. The monoisotopic (exact) mass is 812 g/mol. The van der Waals surface area contributed by atoms with Crippen molar-refractivity contribution in [1.29, 1.82) is 0 Å². The van der Waals surface area contributed by atoms with E-state index in [1.54, 1.807) is 0 Å². The second-order valence-corrected chi connectivity index (χ2v) is 24.4. The van der Waals surface area contributed by atoms with Gasteiger partial charge in [-0.2, -0.15) is 0 Å². The van der Waals surface area contributed by atoms with Gasteiger partial charge in [-0.1, -0.05) is 185 Å². The summed E-state index contributed by atoms with van der Waals surface area (Å²) in [6, 6.07) is 61.4. The molecule has 4 heteroatoms. The lowest BCUT2D eigenvalue weighted by Crippen LogP contribution is -2.66. The Morgan fingerprint density at radius 1 is 0.426 bits per heavy atom. The molecule has 2 aliphatic heterocycles. The highest BCUT2D eigenvalue weighted by Crippen LogP contribution is 2.45. The van der Waals surface area contributed by atoms with Crippen LogP contribution in [-0.4, -0.2) is 14.8 Å². The highest BCUT2D eigenvalue weighted by Gasteiger charge is 2.46. The quantitative estimate of drug-likeness (QED) is 0.117. The Hall–Kier alpha value is -5.58. The summed E-state index contributed by atoms with van der Waals surface area (Å²) >= 11 is 0. The summed E-state index contributed by atoms with van der Waals surface area (Å²) in [4.78, 5) is 5.21. The fraction of sp³-hybridized carbons (Fsp3) is 0.263. The fourth-order valence-electron chi connectivity index (χ4n) is 9.86. The van der Waals surface area contributed by atoms with Gasteiger partial charge in [0.2, 0.25) is 0 Å². The van der Waals surface area contributed by atoms with Crippen LogP contribution in [0.2, 0.25) is 6.55 Å². The highest BCUT2D eigenvalue weighted by atomic mass is 28.3. The second kappa shape index (κ2) is 15.1. The Bertz CT molecular complexity index is 2680. The zero-order valence-electron chi connectivity index (χ0n) is 38.1. The zero-order valence-corrected chi connectivity index (χ0v) is 39.1. The lowest BCUT2D eigenvalue weighted by molar-refractivity contribution is 0.590. The van der Waals surface area contributed by atoms with Gasteiger partial charge in [-0.15, -0.1) is 0 Å². The van der Waals surface area contributed by atoms with Gasteiger partial charge in [0.25, 0.3) is 6.71 Å². The molecular formula is C57H61BN2Si. The standard InChI is InChI=1S/C57H61BN2Si/c1-38(2)40-22-28-44(29-23-40)59-51-32-24-41(39(3)4)34-49(51)58-50-35-43(57(8,9)10)27-33-52(50)60(45-30-25-42(26-31-45)56(5,6)7)54-37-48(36-53(59)55(54)58)61(11,46-18-14-12-15-19-46)47-20-16-13-17-21-47/h12-39H,1-11H3. The summed E-state index contributed by atoms with van der Waals surface area (Å²) in [7, 11) is -2.60. The molecule has 7 aromatic carbocycles. The van der Waals surface area contributed by atoms with Crippen LogP contribution in [0.1, 0.15) is 103 Å². The van der Waals surface area contributed by atoms with E-state index in [-0.39, 0.29) is 17.5 Å². The van der Waals surface area contributed by atoms with Crippen LogP contribution in [0.4, 0.5) is 34.1 Å². The minimum atomic E-state index is -2.60. The maximum absolute atomic E-state index is 2.61. The number of hydrogen-bond donors (Lipinski definition) is 0. The molecule has 7 aromatic rings. The van der Waals surface area contributed by atoms with E-state index in [2.05, 4.69) is 243 Å². The molecule has 0 atom stereocenters. The van der Waals surface area contributed by atoms with E-state index in [1.165, 1.54) is 88.3 Å². The first-order valence-electron chi connectivity index (χ1n) is 22.4. The van der Waals surface area contributed by atoms with Gasteiger partial charge in [-0.3, -0.25) is 0 Å². The van der Waals surface area contributed by atoms with Crippen molar-refractivity contribution >= 4 is 80.9 Å². The Labute approximate surface area is 367 Å². The van der Waals surface area contributed by atoms with Crippen molar-refractivity contribution in [3.8, 4) is 0 Å². The summed E-state index contributed by atoms with van der Waals surface area (Å²) in [5.41, 5.74) is 17.0. The van der Waals surface area contributed by atoms with Crippen molar-refractivity contribution in [1.82, 2.24) is 0 Å². The average Bonchev–Trinajstić information content (AvgIpc) is 3.25. The first kappa shape index (κ1) is 40.8. The molecular weight excluding hydrogens is 752 g/mol. The minimum absolute atomic E-state index is 0.0125. The second-order valence-electron chi connectivity index (χ2n) is 20.4. The summed E-state index contributed by atoms with van der Waals surface area (Å²) in [5.74, 6) is 0.851. The molecule has 0 unspecified atom stereocenters. The molecule has 0 aliphatic carbocycles. The van der Waals surface area contributed by atoms with E-state index in [9.17, 15) is 0 Å². The number of benzene rings is 7. The summed E-state index contributed by atoms with van der Waals surface area (Å²) in [6.45, 7) is 25.8. The molecule has 0 bridgehead atoms. The molecule has 306 valence electrons. The lowest BCUT2D eigenvalue weighted by atomic mass is 9.33. The van der Waals surface area contributed by atoms with Gasteiger partial charge in [0.05, 0.1) is 0 Å². The van der Waals surface area contributed by atoms with Crippen LogP contribution in [-0.2, 0) is 10.8 Å². The third-order valence-corrected chi connectivity index (χ3v) is 18.1. The zero-order chi connectivity index (χ0) is 43.0. The van der Waals surface area contributed by atoms with Crippen LogP contribution in [0.3, 0.4) is 0 Å². The number of hydrogen-bond acceptors (Lipinski definition) is 2. The van der Waals surface area contributed by atoms with Crippen molar-refractivity contribution in [3.05, 3.63) is 180 Å². The Balaban J connectivity index is 1.44. The van der Waals surface area contributed by atoms with Gasteiger partial charge in [0.15, 0.2) is 0 Å². The Morgan fingerprint density at radius 3 is 1.33 bits per heavy atom. The van der Waals surface area contributed by atoms with Crippen LogP contribution < -0.4 is 41.7 Å². The maximum atomic E-state index is 2.61. The predicted octanol–water partition coefficient (Wildman–Crippen LogP) is 11.7. The molecule has 0 aromatic heterocycles. The van der Waals surface area contributed by atoms with Gasteiger partial charge in [-0.05, 0) is 125 Å². The van der Waals surface area contributed by atoms with E-state index in [0.29, 0.717) is 11.8 Å². The van der Waals surface area contributed by atoms with Crippen LogP contribution in [0.25, 0.3) is 0 Å². The molecule has 0 N–H and O–H groups in total. The number of rotatable bonds is 7. The first-order chi connectivity index (χ1) is 29.1. The number of anilines is 6. The van der Waals surface area contributed by atoms with Crippen molar-refractivity contribution in [3.63, 3.8) is 0 Å². The van der Waals surface area contributed by atoms with Crippen LogP contribution in [0.5, 0.6) is 0 Å². The topological polar surface area (TPSA) is 6.48 Å². The van der Waals surface area contributed by atoms with Gasteiger partial charge < -0.3 is 9.80 Å². The van der Waals surface area contributed by atoms with E-state index < -0.39 is 8.07 Å². The van der Waals surface area contributed by atoms with E-state index in [4.69, 9.17) is 0 Å². The average molecular weight is 813 g/mol. The fourth-order valence-corrected chi connectivity index (χ4v) is 13.4. The van der Waals surface area contributed by atoms with Crippen molar-refractivity contribution in [2.24, 2.45) is 0 Å². The molecule has 0 fully saturated rings. The molecule has 61 heavy (non-hydrogen) atoms. The van der Waals surface area contributed by atoms with Crippen molar-refractivity contribution in [2.75, 3.05) is 9.80 Å². The lowest BCUT2D eigenvalue weighted by Gasteiger charge is -2.46. The predicted molar refractivity (Wildman–Crippen MR) is 269 cm³/mol. The summed E-state index contributed by atoms with van der Waals surface area (Å²) < 4.78 is 0. The summed E-state index contributed by atoms with van der Waals surface area (Å²) in [6.07, 6.45) is 0. The van der Waals surface area contributed by atoms with Gasteiger partial charge in [0, 0.05) is 34.1 Å². The van der Waals surface area contributed by atoms with Gasteiger partial charge in [0.1, 0.15) is 8.07 Å². The molecule has 9 rings (SSSR count). The van der Waals surface area contributed by atoms with Crippen LogP contribution in [0, 0.1) is 0 Å². The molecule has 0 saturated carbocycles. The van der Waals surface area contributed by atoms with E-state index in [0.717, 1.165) is 0 Å². The smallest absolute Gasteiger partial charge is 0.252 e. The largest absolute Gasteiger partial charge is 0.311 e.